The van der Waals surface area contributed by atoms with Crippen molar-refractivity contribution in [2.24, 2.45) is 0 Å². The normalized spacial score (nSPS) is 11.4. The van der Waals surface area contributed by atoms with Crippen LogP contribution in [0, 0.1) is 13.8 Å². The average Bonchev–Trinajstić information content (AvgIpc) is 2.91. The maximum atomic E-state index is 12.3. The molecule has 0 aromatic heterocycles. The van der Waals surface area contributed by atoms with Crippen LogP contribution in [-0.4, -0.2) is 25.8 Å². The summed E-state index contributed by atoms with van der Waals surface area (Å²) < 4.78 is 17.3. The summed E-state index contributed by atoms with van der Waals surface area (Å²) in [6.45, 7) is 8.42. The highest BCUT2D eigenvalue weighted by atomic mass is 32.2. The molecule has 5 heteroatoms. The van der Waals surface area contributed by atoms with Gasteiger partial charge in [-0.25, -0.2) is 4.79 Å². The summed E-state index contributed by atoms with van der Waals surface area (Å²) in [5.41, 5.74) is 2.38. The predicted molar refractivity (Wildman–Crippen MR) is 153 cm³/mol. The summed E-state index contributed by atoms with van der Waals surface area (Å²) in [6.07, 6.45) is 0. The number of carbonyl (C=O) groups excluding carboxylic acids is 1. The lowest BCUT2D eigenvalue weighted by Crippen LogP contribution is -2.28. The quantitative estimate of drug-likeness (QED) is 0.117. The molecule has 0 spiro atoms. The van der Waals surface area contributed by atoms with Crippen LogP contribution in [0.15, 0.2) is 118 Å². The largest absolute Gasteiger partial charge is 0.491 e. The molecule has 4 nitrogen and oxygen atoms in total. The molecule has 0 fully saturated rings. The minimum Gasteiger partial charge on any atom is -0.491 e. The zero-order chi connectivity index (χ0) is 27.0. The van der Waals surface area contributed by atoms with Crippen molar-refractivity contribution in [3.63, 3.8) is 0 Å². The number of hydrogen-bond acceptors (Lipinski definition) is 4. The molecule has 0 saturated heterocycles. The van der Waals surface area contributed by atoms with Gasteiger partial charge in [0.1, 0.15) is 24.6 Å². The van der Waals surface area contributed by atoms with Crippen molar-refractivity contribution in [3.05, 3.63) is 120 Å². The molecule has 4 aromatic carbocycles. The molecule has 0 saturated carbocycles. The molecule has 0 unspecified atom stereocenters. The van der Waals surface area contributed by atoms with Gasteiger partial charge in [-0.15, -0.1) is 0 Å². The van der Waals surface area contributed by atoms with Crippen LogP contribution in [0.2, 0.25) is 0 Å². The molecule has 4 rings (SSSR count). The van der Waals surface area contributed by atoms with E-state index < -0.39 is 11.6 Å². The first kappa shape index (κ1) is 27.5. The van der Waals surface area contributed by atoms with E-state index in [9.17, 15) is 4.79 Å². The Kier molecular flexibility index (Phi) is 9.27. The van der Waals surface area contributed by atoms with Gasteiger partial charge in [-0.1, -0.05) is 66.7 Å². The minimum atomic E-state index is -0.716. The molecule has 0 radical (unpaired) electrons. The molecule has 0 bridgehead atoms. The van der Waals surface area contributed by atoms with Gasteiger partial charge < -0.3 is 14.2 Å². The topological polar surface area (TPSA) is 44.8 Å². The van der Waals surface area contributed by atoms with Crippen molar-refractivity contribution in [1.82, 2.24) is 0 Å². The van der Waals surface area contributed by atoms with Crippen molar-refractivity contribution < 1.29 is 19.0 Å². The van der Waals surface area contributed by atoms with Crippen molar-refractivity contribution in [2.45, 2.75) is 48.0 Å². The molecule has 0 heterocycles. The molecule has 0 aliphatic carbocycles. The SMILES string of the molecule is Cc1cc([S+](c2ccccc2)c2ccccc2)cc(C)c1OCCOCC(=O)OC(C)(C)c1ccccc1. The van der Waals surface area contributed by atoms with Gasteiger partial charge in [0, 0.05) is 12.1 Å². The summed E-state index contributed by atoms with van der Waals surface area (Å²) in [5.74, 6) is 0.458. The van der Waals surface area contributed by atoms with E-state index >= 15 is 0 Å². The van der Waals surface area contributed by atoms with E-state index in [0.717, 1.165) is 22.4 Å². The lowest BCUT2D eigenvalue weighted by atomic mass is 9.98. The van der Waals surface area contributed by atoms with Crippen LogP contribution in [0.25, 0.3) is 0 Å². The third kappa shape index (κ3) is 7.06. The van der Waals surface area contributed by atoms with E-state index in [2.05, 4.69) is 86.6 Å². The second-order valence-corrected chi connectivity index (χ2v) is 11.6. The highest BCUT2D eigenvalue weighted by molar-refractivity contribution is 7.97. The first-order valence-electron chi connectivity index (χ1n) is 12.8. The van der Waals surface area contributed by atoms with Crippen LogP contribution >= 0.6 is 0 Å². The van der Waals surface area contributed by atoms with E-state index in [1.54, 1.807) is 0 Å². The van der Waals surface area contributed by atoms with Gasteiger partial charge in [-0.3, -0.25) is 0 Å². The first-order valence-corrected chi connectivity index (χ1v) is 14.0. The van der Waals surface area contributed by atoms with Gasteiger partial charge in [-0.05, 0) is 68.7 Å². The highest BCUT2D eigenvalue weighted by Gasteiger charge is 2.30. The van der Waals surface area contributed by atoms with E-state index in [1.165, 1.54) is 14.7 Å². The van der Waals surface area contributed by atoms with Crippen molar-refractivity contribution in [2.75, 3.05) is 19.8 Å². The fourth-order valence-corrected chi connectivity index (χ4v) is 6.61. The number of aryl methyl sites for hydroxylation is 2. The summed E-state index contributed by atoms with van der Waals surface area (Å²) in [5, 5.41) is 0. The minimum absolute atomic E-state index is 0.118. The van der Waals surface area contributed by atoms with Gasteiger partial charge in [0.25, 0.3) is 0 Å². The van der Waals surface area contributed by atoms with Crippen LogP contribution in [0.1, 0.15) is 30.5 Å². The summed E-state index contributed by atoms with van der Waals surface area (Å²) >= 11 is 0. The standard InChI is InChI=1S/C33H35O4S/c1-25-22-30(38(28-16-10-6-11-17-28)29-18-12-7-13-19-29)23-26(2)32(25)36-21-20-35-24-31(34)37-33(3,4)27-14-8-5-9-15-27/h5-19,22-23H,20-21,24H2,1-4H3/q+1. The van der Waals surface area contributed by atoms with Gasteiger partial charge in [-0.2, -0.15) is 0 Å². The van der Waals surface area contributed by atoms with E-state index in [0.29, 0.717) is 13.2 Å². The van der Waals surface area contributed by atoms with Crippen LogP contribution in [-0.2, 0) is 30.8 Å². The number of benzene rings is 4. The fraction of sp³-hybridized carbons (Fsp3) is 0.242. The Bertz CT molecular complexity index is 1260. The Hall–Kier alpha value is -3.54. The second kappa shape index (κ2) is 12.8. The Labute approximate surface area is 228 Å². The lowest BCUT2D eigenvalue weighted by molar-refractivity contribution is -0.163. The summed E-state index contributed by atoms with van der Waals surface area (Å²) in [4.78, 5) is 16.1. The van der Waals surface area contributed by atoms with E-state index in [-0.39, 0.29) is 17.5 Å². The smallest absolute Gasteiger partial charge is 0.332 e. The third-order valence-electron chi connectivity index (χ3n) is 6.16. The van der Waals surface area contributed by atoms with Gasteiger partial charge in [0.15, 0.2) is 14.7 Å². The molecule has 196 valence electrons. The molecular weight excluding hydrogens is 492 g/mol. The molecular formula is C33H35O4S+. The molecule has 0 aliphatic rings. The maximum absolute atomic E-state index is 12.3. The predicted octanol–water partition coefficient (Wildman–Crippen LogP) is 7.27. The Morgan fingerprint density at radius 2 is 1.21 bits per heavy atom. The zero-order valence-corrected chi connectivity index (χ0v) is 23.3. The van der Waals surface area contributed by atoms with Crippen molar-refractivity contribution >= 4 is 16.9 Å². The Morgan fingerprint density at radius 1 is 0.711 bits per heavy atom. The lowest BCUT2D eigenvalue weighted by Gasteiger charge is -2.25. The molecule has 4 aromatic rings. The Balaban J connectivity index is 1.35. The fourth-order valence-electron chi connectivity index (χ4n) is 4.35. The van der Waals surface area contributed by atoms with Gasteiger partial charge >= 0.3 is 5.97 Å². The maximum Gasteiger partial charge on any atom is 0.332 e. The zero-order valence-electron chi connectivity index (χ0n) is 22.5. The second-order valence-electron chi connectivity index (χ2n) is 9.57. The Morgan fingerprint density at radius 3 is 1.74 bits per heavy atom. The van der Waals surface area contributed by atoms with Crippen molar-refractivity contribution in [1.29, 1.82) is 0 Å². The highest BCUT2D eigenvalue weighted by Crippen LogP contribution is 2.35. The van der Waals surface area contributed by atoms with Crippen LogP contribution in [0.5, 0.6) is 5.75 Å². The molecule has 0 N–H and O–H groups in total. The summed E-state index contributed by atoms with van der Waals surface area (Å²) in [7, 11) is -0.212. The molecule has 0 amide bonds. The molecule has 0 aliphatic heterocycles. The summed E-state index contributed by atoms with van der Waals surface area (Å²) in [6, 6.07) is 35.3. The first-order chi connectivity index (χ1) is 18.3. The van der Waals surface area contributed by atoms with Crippen LogP contribution in [0.4, 0.5) is 0 Å². The molecule has 0 atom stereocenters. The number of esters is 1. The van der Waals surface area contributed by atoms with E-state index in [1.807, 2.05) is 44.2 Å². The number of rotatable bonds is 11. The number of carbonyl (C=O) groups is 1. The molecule has 38 heavy (non-hydrogen) atoms. The van der Waals surface area contributed by atoms with E-state index in [4.69, 9.17) is 14.2 Å². The number of hydrogen-bond donors (Lipinski definition) is 0. The van der Waals surface area contributed by atoms with Gasteiger partial charge in [0.05, 0.1) is 17.5 Å². The van der Waals surface area contributed by atoms with Gasteiger partial charge in [0.2, 0.25) is 0 Å². The number of ether oxygens (including phenoxy) is 3. The van der Waals surface area contributed by atoms with Crippen LogP contribution < -0.4 is 4.74 Å². The average molecular weight is 528 g/mol. The third-order valence-corrected chi connectivity index (χ3v) is 8.35. The van der Waals surface area contributed by atoms with Crippen LogP contribution in [0.3, 0.4) is 0 Å². The van der Waals surface area contributed by atoms with Crippen molar-refractivity contribution in [3.8, 4) is 5.75 Å². The monoisotopic (exact) mass is 527 g/mol.